The van der Waals surface area contributed by atoms with Gasteiger partial charge in [-0.25, -0.2) is 0 Å². The van der Waals surface area contributed by atoms with Gasteiger partial charge in [-0.1, -0.05) is 13.0 Å². The molecule has 4 nitrogen and oxygen atoms in total. The lowest BCUT2D eigenvalue weighted by atomic mass is 10.1. The summed E-state index contributed by atoms with van der Waals surface area (Å²) in [7, 11) is 0. The first-order valence-corrected chi connectivity index (χ1v) is 6.31. The maximum atomic E-state index is 11.8. The van der Waals surface area contributed by atoms with Crippen molar-refractivity contribution in [1.29, 1.82) is 0 Å². The lowest BCUT2D eigenvalue weighted by Crippen LogP contribution is -2.35. The van der Waals surface area contributed by atoms with Crippen LogP contribution in [0.3, 0.4) is 0 Å². The minimum Gasteiger partial charge on any atom is -0.315 e. The Balaban J connectivity index is 2.29. The molecule has 90 valence electrons. The summed E-state index contributed by atoms with van der Waals surface area (Å²) in [5.41, 5.74) is 1.18. The Bertz CT molecular complexity index is 474. The van der Waals surface area contributed by atoms with E-state index >= 15 is 0 Å². The summed E-state index contributed by atoms with van der Waals surface area (Å²) in [6.45, 7) is 4.05. The van der Waals surface area contributed by atoms with Crippen LogP contribution in [0.4, 0.5) is 5.69 Å². The molecule has 0 saturated carbocycles. The van der Waals surface area contributed by atoms with Gasteiger partial charge in [0.1, 0.15) is 0 Å². The van der Waals surface area contributed by atoms with Gasteiger partial charge in [-0.05, 0) is 34.6 Å². The van der Waals surface area contributed by atoms with Crippen LogP contribution < -0.4 is 10.2 Å². The molecule has 0 spiro atoms. The van der Waals surface area contributed by atoms with Crippen molar-refractivity contribution in [3.63, 3.8) is 0 Å². The summed E-state index contributed by atoms with van der Waals surface area (Å²) in [6, 6.07) is 5.40. The third kappa shape index (κ3) is 2.12. The minimum atomic E-state index is -0.440. The summed E-state index contributed by atoms with van der Waals surface area (Å²) in [4.78, 5) is 25.2. The molecule has 17 heavy (non-hydrogen) atoms. The number of hydrogen-bond donors (Lipinski definition) is 1. The van der Waals surface area contributed by atoms with Crippen molar-refractivity contribution in [2.24, 2.45) is 0 Å². The molecule has 0 aliphatic carbocycles. The average Bonchev–Trinajstić information content (AvgIpc) is 2.55. The number of fused-ring (bicyclic) bond motifs is 1. The number of amides is 1. The molecule has 0 bridgehead atoms. The van der Waals surface area contributed by atoms with Crippen molar-refractivity contribution in [2.45, 2.75) is 6.92 Å². The zero-order valence-corrected chi connectivity index (χ0v) is 11.1. The fourth-order valence-electron chi connectivity index (χ4n) is 1.89. The second-order valence-electron chi connectivity index (χ2n) is 3.77. The first-order chi connectivity index (χ1) is 8.16. The SMILES string of the molecule is CCNCCN1C(=O)C(=O)c2c(Br)cccc21. The first kappa shape index (κ1) is 12.3. The Kier molecular flexibility index (Phi) is 3.59. The van der Waals surface area contributed by atoms with Crippen LogP contribution in [0.5, 0.6) is 0 Å². The molecule has 0 unspecified atom stereocenters. The van der Waals surface area contributed by atoms with Gasteiger partial charge in [0.2, 0.25) is 0 Å². The van der Waals surface area contributed by atoms with Gasteiger partial charge >= 0.3 is 0 Å². The zero-order chi connectivity index (χ0) is 12.4. The van der Waals surface area contributed by atoms with E-state index in [1.54, 1.807) is 12.1 Å². The minimum absolute atomic E-state index is 0.427. The first-order valence-electron chi connectivity index (χ1n) is 5.52. The number of carbonyl (C=O) groups excluding carboxylic acids is 2. The van der Waals surface area contributed by atoms with E-state index in [1.807, 2.05) is 13.0 Å². The highest BCUT2D eigenvalue weighted by molar-refractivity contribution is 9.10. The highest BCUT2D eigenvalue weighted by Crippen LogP contribution is 2.33. The number of anilines is 1. The molecule has 1 aromatic rings. The molecular weight excluding hydrogens is 284 g/mol. The van der Waals surface area contributed by atoms with Crippen molar-refractivity contribution >= 4 is 33.3 Å². The van der Waals surface area contributed by atoms with Crippen molar-refractivity contribution < 1.29 is 9.59 Å². The van der Waals surface area contributed by atoms with Crippen molar-refractivity contribution in [3.8, 4) is 0 Å². The van der Waals surface area contributed by atoms with Crippen molar-refractivity contribution in [1.82, 2.24) is 5.32 Å². The van der Waals surface area contributed by atoms with Crippen molar-refractivity contribution in [2.75, 3.05) is 24.5 Å². The average molecular weight is 297 g/mol. The van der Waals surface area contributed by atoms with Crippen LogP contribution in [0.15, 0.2) is 22.7 Å². The number of halogens is 1. The summed E-state index contributed by atoms with van der Waals surface area (Å²) in [6.07, 6.45) is 0. The second-order valence-corrected chi connectivity index (χ2v) is 4.63. The lowest BCUT2D eigenvalue weighted by Gasteiger charge is -2.16. The molecule has 0 aromatic heterocycles. The Labute approximate surface area is 108 Å². The van der Waals surface area contributed by atoms with Gasteiger partial charge in [0.25, 0.3) is 11.7 Å². The van der Waals surface area contributed by atoms with E-state index in [0.29, 0.717) is 28.8 Å². The fraction of sp³-hybridized carbons (Fsp3) is 0.333. The lowest BCUT2D eigenvalue weighted by molar-refractivity contribution is -0.114. The van der Waals surface area contributed by atoms with Gasteiger partial charge < -0.3 is 10.2 Å². The standard InChI is InChI=1S/C12H13BrN2O2/c1-2-14-6-7-15-9-5-3-4-8(13)10(9)11(16)12(15)17/h3-5,14H,2,6-7H2,1H3. The van der Waals surface area contributed by atoms with Crippen LogP contribution in [0, 0.1) is 0 Å². The van der Waals surface area contributed by atoms with E-state index in [-0.39, 0.29) is 0 Å². The number of likely N-dealkylation sites (N-methyl/N-ethyl adjacent to an activating group) is 1. The number of ketones is 1. The molecule has 0 atom stereocenters. The van der Waals surface area contributed by atoms with E-state index in [1.165, 1.54) is 4.90 Å². The summed E-state index contributed by atoms with van der Waals surface area (Å²) >= 11 is 3.31. The van der Waals surface area contributed by atoms with E-state index in [4.69, 9.17) is 0 Å². The molecule has 1 aromatic carbocycles. The summed E-state index contributed by atoms with van der Waals surface area (Å²) in [5.74, 6) is -0.867. The van der Waals surface area contributed by atoms with Crippen LogP contribution >= 0.6 is 15.9 Å². The molecule has 0 fully saturated rings. The largest absolute Gasteiger partial charge is 0.315 e. The number of hydrogen-bond acceptors (Lipinski definition) is 3. The number of nitrogens with zero attached hydrogens (tertiary/aromatic N) is 1. The molecule has 1 amide bonds. The van der Waals surface area contributed by atoms with Crippen molar-refractivity contribution in [3.05, 3.63) is 28.2 Å². The van der Waals surface area contributed by atoms with Gasteiger partial charge in [0.05, 0.1) is 11.3 Å². The number of carbonyl (C=O) groups is 2. The van der Waals surface area contributed by atoms with E-state index < -0.39 is 11.7 Å². The maximum Gasteiger partial charge on any atom is 0.299 e. The van der Waals surface area contributed by atoms with E-state index in [0.717, 1.165) is 6.54 Å². The Morgan fingerprint density at radius 2 is 2.12 bits per heavy atom. The van der Waals surface area contributed by atoms with Crippen LogP contribution in [0.2, 0.25) is 0 Å². The third-order valence-electron chi connectivity index (χ3n) is 2.71. The Morgan fingerprint density at radius 3 is 2.82 bits per heavy atom. The summed E-state index contributed by atoms with van der Waals surface area (Å²) < 4.78 is 0.680. The third-order valence-corrected chi connectivity index (χ3v) is 3.37. The van der Waals surface area contributed by atoms with Crippen LogP contribution in [0.25, 0.3) is 0 Å². The fourth-order valence-corrected chi connectivity index (χ4v) is 2.43. The molecule has 0 radical (unpaired) electrons. The zero-order valence-electron chi connectivity index (χ0n) is 9.50. The molecule has 2 rings (SSSR count). The van der Waals surface area contributed by atoms with Crippen LogP contribution in [-0.4, -0.2) is 31.3 Å². The normalized spacial score (nSPS) is 14.4. The number of rotatable bonds is 4. The van der Waals surface area contributed by atoms with Gasteiger partial charge in [-0.3, -0.25) is 9.59 Å². The molecule has 5 heteroatoms. The Morgan fingerprint density at radius 1 is 1.35 bits per heavy atom. The smallest absolute Gasteiger partial charge is 0.299 e. The maximum absolute atomic E-state index is 11.8. The highest BCUT2D eigenvalue weighted by atomic mass is 79.9. The predicted molar refractivity (Wildman–Crippen MR) is 69.4 cm³/mol. The second kappa shape index (κ2) is 4.98. The van der Waals surface area contributed by atoms with E-state index in [2.05, 4.69) is 21.2 Å². The number of benzene rings is 1. The quantitative estimate of drug-likeness (QED) is 0.678. The monoisotopic (exact) mass is 296 g/mol. The number of nitrogens with one attached hydrogen (secondary N) is 1. The van der Waals surface area contributed by atoms with Crippen LogP contribution in [-0.2, 0) is 4.79 Å². The van der Waals surface area contributed by atoms with Gasteiger partial charge in [-0.2, -0.15) is 0 Å². The molecular formula is C12H13BrN2O2. The molecule has 1 aliphatic heterocycles. The number of Topliss-reactive ketones (excluding diaryl/α,β-unsaturated/α-hetero) is 1. The van der Waals surface area contributed by atoms with E-state index in [9.17, 15) is 9.59 Å². The highest BCUT2D eigenvalue weighted by Gasteiger charge is 2.36. The van der Waals surface area contributed by atoms with Gasteiger partial charge in [-0.15, -0.1) is 0 Å². The molecule has 1 aliphatic rings. The molecule has 1 N–H and O–H groups in total. The van der Waals surface area contributed by atoms with Gasteiger partial charge in [0.15, 0.2) is 0 Å². The van der Waals surface area contributed by atoms with Crippen LogP contribution in [0.1, 0.15) is 17.3 Å². The Hall–Kier alpha value is -1.20. The topological polar surface area (TPSA) is 49.4 Å². The van der Waals surface area contributed by atoms with Gasteiger partial charge in [0, 0.05) is 17.6 Å². The molecule has 1 heterocycles. The predicted octanol–water partition coefficient (Wildman–Crippen LogP) is 1.59. The molecule has 0 saturated heterocycles. The summed E-state index contributed by atoms with van der Waals surface area (Å²) in [5, 5.41) is 3.14.